The Morgan fingerprint density at radius 2 is 1.71 bits per heavy atom. The molecule has 1 heterocycles. The molecule has 0 spiro atoms. The van der Waals surface area contributed by atoms with Crippen LogP contribution in [0.1, 0.15) is 16.1 Å². The van der Waals surface area contributed by atoms with Crippen molar-refractivity contribution in [1.29, 1.82) is 0 Å². The number of halogens is 1. The molecule has 0 aliphatic carbocycles. The van der Waals surface area contributed by atoms with Gasteiger partial charge in [-0.2, -0.15) is 0 Å². The minimum absolute atomic E-state index is 0. The zero-order chi connectivity index (χ0) is 23.5. The maximum Gasteiger partial charge on any atom is 0.335 e. The summed E-state index contributed by atoms with van der Waals surface area (Å²) in [7, 11) is 1.66. The third-order valence-corrected chi connectivity index (χ3v) is 5.56. The molecule has 9 heteroatoms. The van der Waals surface area contributed by atoms with Gasteiger partial charge in [-0.15, -0.1) is 0 Å². The molecule has 0 saturated heterocycles. The summed E-state index contributed by atoms with van der Waals surface area (Å²) in [6, 6.07) is 20.1. The third-order valence-electron chi connectivity index (χ3n) is 5.33. The summed E-state index contributed by atoms with van der Waals surface area (Å²) in [6.07, 6.45) is 0. The van der Waals surface area contributed by atoms with Crippen LogP contribution in [0.25, 0.3) is 21.9 Å². The van der Waals surface area contributed by atoms with Gasteiger partial charge in [-0.3, -0.25) is 4.79 Å². The Labute approximate surface area is 222 Å². The topological polar surface area (TPSA) is 100 Å². The fourth-order valence-electron chi connectivity index (χ4n) is 3.74. The molecule has 0 aliphatic heterocycles. The molecule has 0 fully saturated rings. The number of hydrogen-bond donors (Lipinski definition) is 3. The molecule has 0 aliphatic rings. The number of hydrogen-bond acceptors (Lipinski definition) is 3. The Morgan fingerprint density at radius 3 is 2.41 bits per heavy atom. The molecule has 3 aromatic carbocycles. The van der Waals surface area contributed by atoms with E-state index in [0.717, 1.165) is 11.1 Å². The van der Waals surface area contributed by atoms with Crippen LogP contribution in [0.3, 0.4) is 0 Å². The number of nitrogens with one attached hydrogen (secondary N) is 2. The van der Waals surface area contributed by atoms with Gasteiger partial charge in [0.15, 0.2) is 0 Å². The second-order valence-electron chi connectivity index (χ2n) is 7.44. The molecule has 0 bridgehead atoms. The van der Waals surface area contributed by atoms with E-state index in [-0.39, 0.29) is 47.2 Å². The van der Waals surface area contributed by atoms with Crippen LogP contribution in [-0.2, 0) is 13.6 Å². The Hall–Kier alpha value is -3.10. The van der Waals surface area contributed by atoms with Gasteiger partial charge in [-0.05, 0) is 47.3 Å². The largest absolute Gasteiger partial charge is 0.478 e. The first-order chi connectivity index (χ1) is 15.8. The number of rotatable bonds is 5. The van der Waals surface area contributed by atoms with E-state index in [1.54, 1.807) is 37.4 Å². The number of amides is 2. The van der Waals surface area contributed by atoms with Crippen molar-refractivity contribution < 1.29 is 14.7 Å². The van der Waals surface area contributed by atoms with Gasteiger partial charge in [0, 0.05) is 64.0 Å². The average Bonchev–Trinajstić information content (AvgIpc) is 2.81. The van der Waals surface area contributed by atoms with Crippen LogP contribution in [0.2, 0.25) is 5.02 Å². The molecule has 7 nitrogen and oxygen atoms in total. The van der Waals surface area contributed by atoms with E-state index in [1.165, 1.54) is 16.7 Å². The van der Waals surface area contributed by atoms with Crippen LogP contribution in [-0.4, -0.2) is 51.2 Å². The third kappa shape index (κ3) is 5.34. The number of fused-ring (bicyclic) bond motifs is 1. The first-order valence-electron chi connectivity index (χ1n) is 10.1. The van der Waals surface area contributed by atoms with Gasteiger partial charge in [0.05, 0.1) is 12.1 Å². The van der Waals surface area contributed by atoms with Crippen LogP contribution in [0.4, 0.5) is 10.5 Å². The van der Waals surface area contributed by atoms with Gasteiger partial charge in [0.25, 0.3) is 5.56 Å². The van der Waals surface area contributed by atoms with Gasteiger partial charge in [-0.25, -0.2) is 9.59 Å². The van der Waals surface area contributed by atoms with Gasteiger partial charge in [-0.1, -0.05) is 48.0 Å². The SMILES string of the molecule is Cn1c(CNC(=O)Nc2cccc(C(=O)O)c2)c(-c2ccccc2)c2cc(Cl)ccc2c1=O.[Na]. The minimum atomic E-state index is -1.09. The smallest absolute Gasteiger partial charge is 0.335 e. The first-order valence-corrected chi connectivity index (χ1v) is 10.5. The van der Waals surface area contributed by atoms with Crippen molar-refractivity contribution in [2.24, 2.45) is 7.05 Å². The molecular weight excluding hydrogens is 465 g/mol. The zero-order valence-corrected chi connectivity index (χ0v) is 21.4. The zero-order valence-electron chi connectivity index (χ0n) is 18.6. The molecule has 4 aromatic rings. The number of carbonyl (C=O) groups excluding carboxylic acids is 1. The minimum Gasteiger partial charge on any atom is -0.478 e. The quantitative estimate of drug-likeness (QED) is 0.363. The number of aromatic nitrogens is 1. The fraction of sp³-hybridized carbons (Fsp3) is 0.0800. The predicted molar refractivity (Wildman–Crippen MR) is 135 cm³/mol. The standard InChI is InChI=1S/C25H20ClN3O4.Na/c1-29-21(14-27-25(33)28-18-9-5-8-16(12-18)24(31)32)22(15-6-3-2-4-7-15)20-13-17(26)10-11-19(20)23(29)30;/h2-13H,14H2,1H3,(H,31,32)(H2,27,28,33);. The second kappa shape index (κ2) is 10.9. The summed E-state index contributed by atoms with van der Waals surface area (Å²) >= 11 is 6.25. The maximum atomic E-state index is 13.0. The molecule has 0 saturated carbocycles. The van der Waals surface area contributed by atoms with E-state index >= 15 is 0 Å². The number of urea groups is 1. The van der Waals surface area contributed by atoms with Crippen LogP contribution in [0.5, 0.6) is 0 Å². The summed E-state index contributed by atoms with van der Waals surface area (Å²) in [4.78, 5) is 36.7. The molecular formula is C25H20ClN3NaO4. The Morgan fingerprint density at radius 1 is 0.971 bits per heavy atom. The normalized spacial score (nSPS) is 10.4. The predicted octanol–water partition coefficient (Wildman–Crippen LogP) is 4.50. The van der Waals surface area contributed by atoms with E-state index < -0.39 is 12.0 Å². The number of benzene rings is 3. The van der Waals surface area contributed by atoms with Crippen LogP contribution >= 0.6 is 11.6 Å². The van der Waals surface area contributed by atoms with Crippen LogP contribution in [0, 0.1) is 0 Å². The van der Waals surface area contributed by atoms with E-state index in [2.05, 4.69) is 10.6 Å². The molecule has 4 rings (SSSR count). The van der Waals surface area contributed by atoms with E-state index in [9.17, 15) is 14.4 Å². The van der Waals surface area contributed by atoms with Crippen molar-refractivity contribution in [3.63, 3.8) is 0 Å². The van der Waals surface area contributed by atoms with Crippen molar-refractivity contribution in [2.75, 3.05) is 5.32 Å². The van der Waals surface area contributed by atoms with E-state index in [1.807, 2.05) is 30.3 Å². The molecule has 0 atom stereocenters. The second-order valence-corrected chi connectivity index (χ2v) is 7.87. The van der Waals surface area contributed by atoms with E-state index in [0.29, 0.717) is 27.2 Å². The number of carbonyl (C=O) groups is 2. The number of pyridine rings is 1. The van der Waals surface area contributed by atoms with Gasteiger partial charge in [0.2, 0.25) is 0 Å². The van der Waals surface area contributed by atoms with Gasteiger partial charge < -0.3 is 20.3 Å². The van der Waals surface area contributed by atoms with Crippen molar-refractivity contribution in [1.82, 2.24) is 9.88 Å². The number of carboxylic acid groups (broad SMARTS) is 1. The van der Waals surface area contributed by atoms with Crippen molar-refractivity contribution in [3.05, 3.63) is 99.4 Å². The first kappa shape index (κ1) is 25.5. The number of nitrogens with zero attached hydrogens (tertiary/aromatic N) is 1. The van der Waals surface area contributed by atoms with Crippen molar-refractivity contribution >= 4 is 69.6 Å². The van der Waals surface area contributed by atoms with Gasteiger partial charge >= 0.3 is 12.0 Å². The van der Waals surface area contributed by atoms with Crippen LogP contribution < -0.4 is 16.2 Å². The Kier molecular flexibility index (Phi) is 8.17. The maximum absolute atomic E-state index is 13.0. The number of anilines is 1. The summed E-state index contributed by atoms with van der Waals surface area (Å²) in [5.41, 5.74) is 2.49. The molecule has 0 unspecified atom stereocenters. The molecule has 1 aromatic heterocycles. The summed E-state index contributed by atoms with van der Waals surface area (Å²) < 4.78 is 1.52. The molecule has 167 valence electrons. The monoisotopic (exact) mass is 484 g/mol. The Bertz CT molecular complexity index is 1440. The summed E-state index contributed by atoms with van der Waals surface area (Å²) in [5.74, 6) is -1.09. The fourth-order valence-corrected chi connectivity index (χ4v) is 3.91. The van der Waals surface area contributed by atoms with E-state index in [4.69, 9.17) is 16.7 Å². The molecule has 1 radical (unpaired) electrons. The van der Waals surface area contributed by atoms with Crippen molar-refractivity contribution in [3.8, 4) is 11.1 Å². The molecule has 3 N–H and O–H groups in total. The number of aromatic carboxylic acids is 1. The van der Waals surface area contributed by atoms with Gasteiger partial charge in [0.1, 0.15) is 0 Å². The van der Waals surface area contributed by atoms with Crippen molar-refractivity contribution in [2.45, 2.75) is 6.54 Å². The molecule has 2 amide bonds. The summed E-state index contributed by atoms with van der Waals surface area (Å²) in [5, 5.41) is 16.2. The Balaban J connectivity index is 0.00000324. The summed E-state index contributed by atoms with van der Waals surface area (Å²) in [6.45, 7) is 0.0584. The van der Waals surface area contributed by atoms with Crippen LogP contribution in [0.15, 0.2) is 77.6 Å². The average molecular weight is 485 g/mol. The number of carboxylic acids is 1. The molecule has 34 heavy (non-hydrogen) atoms.